The maximum atomic E-state index is 13.8. The molecule has 4 rings (SSSR count). The number of anilines is 1. The summed E-state index contributed by atoms with van der Waals surface area (Å²) in [4.78, 5) is 20.1. The van der Waals surface area contributed by atoms with Crippen LogP contribution in [0.5, 0.6) is 5.75 Å². The summed E-state index contributed by atoms with van der Waals surface area (Å²) >= 11 is 0. The number of hydrogen-bond acceptors (Lipinski definition) is 7. The molecule has 3 aromatic rings. The van der Waals surface area contributed by atoms with Crippen LogP contribution in [0.3, 0.4) is 0 Å². The molecule has 0 saturated carbocycles. The minimum atomic E-state index is -0.0377. The zero-order chi connectivity index (χ0) is 25.5. The lowest BCUT2D eigenvalue weighted by Crippen LogP contribution is -2.43. The van der Waals surface area contributed by atoms with E-state index in [1.54, 1.807) is 7.11 Å². The second-order valence-electron chi connectivity index (χ2n) is 9.29. The molecule has 0 unspecified atom stereocenters. The fourth-order valence-electron chi connectivity index (χ4n) is 4.22. The van der Waals surface area contributed by atoms with Gasteiger partial charge in [0.25, 0.3) is 5.91 Å². The molecule has 1 aliphatic heterocycles. The molecule has 0 spiro atoms. The van der Waals surface area contributed by atoms with Crippen molar-refractivity contribution >= 4 is 11.8 Å². The highest BCUT2D eigenvalue weighted by atomic mass is 16.5. The normalized spacial score (nSPS) is 14.1. The topological polar surface area (TPSA) is 71.3 Å². The molecule has 0 atom stereocenters. The number of benzene rings is 2. The second kappa shape index (κ2) is 12.1. The van der Waals surface area contributed by atoms with Crippen LogP contribution in [0.25, 0.3) is 11.3 Å². The first-order valence-electron chi connectivity index (χ1n) is 12.5. The Morgan fingerprint density at radius 2 is 1.78 bits per heavy atom. The van der Waals surface area contributed by atoms with Gasteiger partial charge in [-0.3, -0.25) is 9.69 Å². The molecule has 1 fully saturated rings. The average molecular weight is 493 g/mol. The predicted octanol–water partition coefficient (Wildman–Crippen LogP) is 4.17. The molecule has 0 bridgehead atoms. The summed E-state index contributed by atoms with van der Waals surface area (Å²) in [5.41, 5.74) is 3.25. The third-order valence-corrected chi connectivity index (χ3v) is 6.67. The SMILES string of the molecule is COc1ccc(C(=O)N(CCN2CCOCC2)Cc2c(-c3ccccc3)noc2N(C)C(C)C)cc1. The number of rotatable bonds is 10. The summed E-state index contributed by atoms with van der Waals surface area (Å²) in [6.07, 6.45) is 0. The zero-order valence-electron chi connectivity index (χ0n) is 21.6. The fourth-order valence-corrected chi connectivity index (χ4v) is 4.22. The first-order chi connectivity index (χ1) is 17.5. The van der Waals surface area contributed by atoms with Gasteiger partial charge in [-0.2, -0.15) is 0 Å². The molecule has 0 N–H and O–H groups in total. The molecule has 0 radical (unpaired) electrons. The van der Waals surface area contributed by atoms with Crippen LogP contribution in [0.1, 0.15) is 29.8 Å². The fraction of sp³-hybridized carbons (Fsp3) is 0.429. The molecule has 192 valence electrons. The molecule has 2 heterocycles. The molecular weight excluding hydrogens is 456 g/mol. The van der Waals surface area contributed by atoms with Crippen molar-refractivity contribution in [2.45, 2.75) is 26.4 Å². The van der Waals surface area contributed by atoms with E-state index in [0.717, 1.165) is 55.4 Å². The lowest BCUT2D eigenvalue weighted by Gasteiger charge is -2.31. The molecular formula is C28H36N4O4. The maximum absolute atomic E-state index is 13.8. The van der Waals surface area contributed by atoms with Gasteiger partial charge in [-0.15, -0.1) is 0 Å². The van der Waals surface area contributed by atoms with Crippen molar-refractivity contribution in [1.82, 2.24) is 15.0 Å². The highest BCUT2D eigenvalue weighted by Crippen LogP contribution is 2.33. The van der Waals surface area contributed by atoms with E-state index in [1.165, 1.54) is 0 Å². The Balaban J connectivity index is 1.67. The lowest BCUT2D eigenvalue weighted by atomic mass is 10.1. The van der Waals surface area contributed by atoms with Crippen LogP contribution >= 0.6 is 0 Å². The van der Waals surface area contributed by atoms with Crippen molar-refractivity contribution in [3.8, 4) is 17.0 Å². The Morgan fingerprint density at radius 1 is 1.08 bits per heavy atom. The first kappa shape index (κ1) is 25.7. The molecule has 2 aromatic carbocycles. The Kier molecular flexibility index (Phi) is 8.61. The first-order valence-corrected chi connectivity index (χ1v) is 12.5. The lowest BCUT2D eigenvalue weighted by molar-refractivity contribution is 0.0320. The van der Waals surface area contributed by atoms with Crippen molar-refractivity contribution in [3.05, 3.63) is 65.7 Å². The third-order valence-electron chi connectivity index (χ3n) is 6.67. The van der Waals surface area contributed by atoms with Crippen LogP contribution in [0.15, 0.2) is 59.1 Å². The van der Waals surface area contributed by atoms with Crippen molar-refractivity contribution in [3.63, 3.8) is 0 Å². The zero-order valence-corrected chi connectivity index (χ0v) is 21.6. The average Bonchev–Trinajstić information content (AvgIpc) is 3.34. The summed E-state index contributed by atoms with van der Waals surface area (Å²) in [5, 5.41) is 4.45. The van der Waals surface area contributed by atoms with Crippen LogP contribution < -0.4 is 9.64 Å². The van der Waals surface area contributed by atoms with E-state index in [1.807, 2.05) is 66.5 Å². The van der Waals surface area contributed by atoms with E-state index < -0.39 is 0 Å². The van der Waals surface area contributed by atoms with Crippen LogP contribution in [0.4, 0.5) is 5.88 Å². The van der Waals surface area contributed by atoms with Gasteiger partial charge >= 0.3 is 0 Å². The van der Waals surface area contributed by atoms with E-state index >= 15 is 0 Å². The summed E-state index contributed by atoms with van der Waals surface area (Å²) in [6, 6.07) is 17.5. The van der Waals surface area contributed by atoms with Gasteiger partial charge in [-0.25, -0.2) is 0 Å². The number of carbonyl (C=O) groups is 1. The van der Waals surface area contributed by atoms with Crippen molar-refractivity contribution in [1.29, 1.82) is 0 Å². The van der Waals surface area contributed by atoms with Gasteiger partial charge in [0, 0.05) is 50.4 Å². The van der Waals surface area contributed by atoms with Gasteiger partial charge in [0.05, 0.1) is 32.4 Å². The molecule has 36 heavy (non-hydrogen) atoms. The van der Waals surface area contributed by atoms with Gasteiger partial charge in [-0.05, 0) is 38.1 Å². The summed E-state index contributed by atoms with van der Waals surface area (Å²) in [7, 11) is 3.61. The molecule has 1 aliphatic rings. The summed E-state index contributed by atoms with van der Waals surface area (Å²) in [6.45, 7) is 9.12. The van der Waals surface area contributed by atoms with E-state index in [0.29, 0.717) is 24.5 Å². The largest absolute Gasteiger partial charge is 0.497 e. The molecule has 0 aliphatic carbocycles. The number of morpholine rings is 1. The van der Waals surface area contributed by atoms with Gasteiger partial charge in [0.2, 0.25) is 5.88 Å². The van der Waals surface area contributed by atoms with Crippen LogP contribution in [-0.4, -0.2) is 80.5 Å². The Morgan fingerprint density at radius 3 is 2.42 bits per heavy atom. The predicted molar refractivity (Wildman–Crippen MR) is 140 cm³/mol. The monoisotopic (exact) mass is 492 g/mol. The standard InChI is InChI=1S/C28H36N4O4/c1-21(2)30(3)28-25(26(29-36-28)22-8-6-5-7-9-22)20-32(15-14-31-16-18-35-19-17-31)27(33)23-10-12-24(34-4)13-11-23/h5-13,21H,14-20H2,1-4H3. The molecule has 8 nitrogen and oxygen atoms in total. The van der Waals surface area contributed by atoms with E-state index in [2.05, 4.69) is 28.8 Å². The van der Waals surface area contributed by atoms with Crippen LogP contribution in [0.2, 0.25) is 0 Å². The number of aromatic nitrogens is 1. The minimum absolute atomic E-state index is 0.0377. The maximum Gasteiger partial charge on any atom is 0.254 e. The summed E-state index contributed by atoms with van der Waals surface area (Å²) < 4.78 is 16.7. The van der Waals surface area contributed by atoms with E-state index in [-0.39, 0.29) is 11.9 Å². The Bertz CT molecular complexity index is 1110. The van der Waals surface area contributed by atoms with E-state index in [4.69, 9.17) is 14.0 Å². The highest BCUT2D eigenvalue weighted by Gasteiger charge is 2.27. The van der Waals surface area contributed by atoms with Crippen molar-refractivity contribution < 1.29 is 18.8 Å². The minimum Gasteiger partial charge on any atom is -0.497 e. The van der Waals surface area contributed by atoms with Crippen LogP contribution in [0, 0.1) is 0 Å². The number of hydrogen-bond donors (Lipinski definition) is 0. The number of methoxy groups -OCH3 is 1. The van der Waals surface area contributed by atoms with Gasteiger partial charge < -0.3 is 23.8 Å². The van der Waals surface area contributed by atoms with Gasteiger partial charge in [0.15, 0.2) is 0 Å². The third kappa shape index (κ3) is 6.06. The van der Waals surface area contributed by atoms with Crippen molar-refractivity contribution in [2.24, 2.45) is 0 Å². The van der Waals surface area contributed by atoms with Gasteiger partial charge in [0.1, 0.15) is 11.4 Å². The molecule has 1 amide bonds. The number of nitrogens with zero attached hydrogens (tertiary/aromatic N) is 4. The molecule has 8 heteroatoms. The highest BCUT2D eigenvalue weighted by molar-refractivity contribution is 5.94. The smallest absolute Gasteiger partial charge is 0.254 e. The summed E-state index contributed by atoms with van der Waals surface area (Å²) in [5.74, 6) is 1.37. The quantitative estimate of drug-likeness (QED) is 0.421. The van der Waals surface area contributed by atoms with Crippen molar-refractivity contribution in [2.75, 3.05) is 58.5 Å². The van der Waals surface area contributed by atoms with Crippen LogP contribution in [-0.2, 0) is 11.3 Å². The number of carbonyl (C=O) groups excluding carboxylic acids is 1. The Labute approximate surface area is 213 Å². The molecule has 1 aromatic heterocycles. The second-order valence-corrected chi connectivity index (χ2v) is 9.29. The van der Waals surface area contributed by atoms with E-state index in [9.17, 15) is 4.79 Å². The number of ether oxygens (including phenoxy) is 2. The number of amides is 1. The van der Waals surface area contributed by atoms with Gasteiger partial charge in [-0.1, -0.05) is 35.5 Å². The molecule has 1 saturated heterocycles. The Hall–Kier alpha value is -3.36.